The number of hydrogen-bond donors (Lipinski definition) is 3. The minimum Gasteiger partial charge on any atom is -0.478 e. The molecule has 3 N–H and O–H groups in total. The van der Waals surface area contributed by atoms with E-state index in [1.54, 1.807) is 0 Å². The number of nitrogens with one attached hydrogen (secondary N) is 2. The predicted molar refractivity (Wildman–Crippen MR) is 81.1 cm³/mol. The predicted octanol–water partition coefficient (Wildman–Crippen LogP) is 0.726. The number of benzene rings is 1. The molecule has 0 aliphatic carbocycles. The number of amides is 4. The Kier molecular flexibility index (Phi) is 4.95. The molecule has 1 fully saturated rings. The van der Waals surface area contributed by atoms with Crippen LogP contribution in [0.1, 0.15) is 30.1 Å². The molecule has 1 aliphatic heterocycles. The number of hydrogen-bond acceptors (Lipinski definition) is 4. The molecule has 2 rings (SSSR count). The Morgan fingerprint density at radius 2 is 2.09 bits per heavy atom. The standard InChI is InChI=1S/C15H17N3O5/c1-9(19)16-7-3-6-12-13(20)18(15(23)17-12)11-5-2-4-10(8-11)14(21)22/h2,4-5,8,12H,3,6-7H2,1H3,(H,16,19)(H,17,23)(H,21,22)/t12-/m0/s1. The van der Waals surface area contributed by atoms with E-state index >= 15 is 0 Å². The number of rotatable bonds is 6. The number of carboxylic acid groups (broad SMARTS) is 1. The number of carboxylic acids is 1. The number of anilines is 1. The molecule has 1 aromatic carbocycles. The van der Waals surface area contributed by atoms with Gasteiger partial charge in [-0.25, -0.2) is 14.5 Å². The molecule has 8 heteroatoms. The second kappa shape index (κ2) is 6.91. The first-order valence-corrected chi connectivity index (χ1v) is 7.12. The second-order valence-electron chi connectivity index (χ2n) is 5.16. The molecule has 1 aliphatic rings. The fourth-order valence-corrected chi connectivity index (χ4v) is 2.32. The van der Waals surface area contributed by atoms with Crippen LogP contribution in [-0.4, -0.2) is 41.5 Å². The van der Waals surface area contributed by atoms with Gasteiger partial charge in [-0.15, -0.1) is 0 Å². The molecule has 0 unspecified atom stereocenters. The fourth-order valence-electron chi connectivity index (χ4n) is 2.32. The number of nitrogens with zero attached hydrogens (tertiary/aromatic N) is 1. The molecule has 0 bridgehead atoms. The zero-order chi connectivity index (χ0) is 17.0. The molecule has 4 amide bonds. The van der Waals surface area contributed by atoms with Crippen LogP contribution in [0.15, 0.2) is 24.3 Å². The lowest BCUT2D eigenvalue weighted by molar-refractivity contribution is -0.119. The van der Waals surface area contributed by atoms with Crippen LogP contribution in [-0.2, 0) is 9.59 Å². The molecule has 0 radical (unpaired) electrons. The summed E-state index contributed by atoms with van der Waals surface area (Å²) in [6.07, 6.45) is 0.930. The molecule has 122 valence electrons. The number of imide groups is 1. The van der Waals surface area contributed by atoms with Crippen LogP contribution < -0.4 is 15.5 Å². The molecule has 0 saturated carbocycles. The Balaban J connectivity index is 2.05. The minimum atomic E-state index is -1.13. The van der Waals surface area contributed by atoms with Crippen LogP contribution in [0.4, 0.5) is 10.5 Å². The highest BCUT2D eigenvalue weighted by Gasteiger charge is 2.38. The molecule has 23 heavy (non-hydrogen) atoms. The van der Waals surface area contributed by atoms with E-state index in [1.807, 2.05) is 0 Å². The van der Waals surface area contributed by atoms with Gasteiger partial charge < -0.3 is 15.7 Å². The number of carbonyl (C=O) groups is 4. The smallest absolute Gasteiger partial charge is 0.335 e. The Morgan fingerprint density at radius 3 is 2.74 bits per heavy atom. The minimum absolute atomic E-state index is 0.00259. The maximum atomic E-state index is 12.3. The Labute approximate surface area is 132 Å². The fraction of sp³-hybridized carbons (Fsp3) is 0.333. The van der Waals surface area contributed by atoms with Gasteiger partial charge in [-0.05, 0) is 31.0 Å². The lowest BCUT2D eigenvalue weighted by atomic mass is 10.1. The van der Waals surface area contributed by atoms with Crippen LogP contribution in [0.25, 0.3) is 0 Å². The summed E-state index contributed by atoms with van der Waals surface area (Å²) in [6, 6.07) is 4.38. The second-order valence-corrected chi connectivity index (χ2v) is 5.16. The SMILES string of the molecule is CC(=O)NCCC[C@@H]1NC(=O)N(c2cccc(C(=O)O)c2)C1=O. The third kappa shape index (κ3) is 3.85. The van der Waals surface area contributed by atoms with Crippen molar-refractivity contribution in [3.05, 3.63) is 29.8 Å². The number of urea groups is 1. The summed E-state index contributed by atoms with van der Waals surface area (Å²) >= 11 is 0. The van der Waals surface area contributed by atoms with Gasteiger partial charge in [0.15, 0.2) is 0 Å². The van der Waals surface area contributed by atoms with Gasteiger partial charge in [0.2, 0.25) is 5.91 Å². The maximum Gasteiger partial charge on any atom is 0.335 e. The molecule has 8 nitrogen and oxygen atoms in total. The van der Waals surface area contributed by atoms with Crippen molar-refractivity contribution in [2.75, 3.05) is 11.4 Å². The first-order valence-electron chi connectivity index (χ1n) is 7.12. The first kappa shape index (κ1) is 16.5. The van der Waals surface area contributed by atoms with E-state index < -0.39 is 23.9 Å². The van der Waals surface area contributed by atoms with Crippen molar-refractivity contribution in [2.24, 2.45) is 0 Å². The van der Waals surface area contributed by atoms with Gasteiger partial charge in [-0.2, -0.15) is 0 Å². The van der Waals surface area contributed by atoms with Gasteiger partial charge in [0, 0.05) is 13.5 Å². The zero-order valence-corrected chi connectivity index (χ0v) is 12.5. The van der Waals surface area contributed by atoms with Crippen molar-refractivity contribution in [1.82, 2.24) is 10.6 Å². The number of carbonyl (C=O) groups excluding carboxylic acids is 3. The van der Waals surface area contributed by atoms with E-state index in [2.05, 4.69) is 10.6 Å². The molecular weight excluding hydrogens is 302 g/mol. The van der Waals surface area contributed by atoms with Crippen LogP contribution in [0.5, 0.6) is 0 Å². The summed E-state index contributed by atoms with van der Waals surface area (Å²) in [5.41, 5.74) is 0.217. The van der Waals surface area contributed by atoms with E-state index in [9.17, 15) is 19.2 Å². The highest BCUT2D eigenvalue weighted by Crippen LogP contribution is 2.22. The lowest BCUT2D eigenvalue weighted by Gasteiger charge is -2.13. The first-order chi connectivity index (χ1) is 10.9. The molecule has 0 spiro atoms. The topological polar surface area (TPSA) is 116 Å². The summed E-state index contributed by atoms with van der Waals surface area (Å²) < 4.78 is 0. The van der Waals surface area contributed by atoms with E-state index in [0.29, 0.717) is 19.4 Å². The number of aromatic carboxylic acids is 1. The summed E-state index contributed by atoms with van der Waals surface area (Å²) in [4.78, 5) is 47.0. The Bertz CT molecular complexity index is 658. The summed E-state index contributed by atoms with van der Waals surface area (Å²) in [5.74, 6) is -1.72. The van der Waals surface area contributed by atoms with E-state index in [1.165, 1.54) is 31.2 Å². The molecule has 1 aromatic rings. The van der Waals surface area contributed by atoms with Gasteiger partial charge >= 0.3 is 12.0 Å². The highest BCUT2D eigenvalue weighted by atomic mass is 16.4. The highest BCUT2D eigenvalue weighted by molar-refractivity contribution is 6.21. The van der Waals surface area contributed by atoms with Gasteiger partial charge in [0.25, 0.3) is 5.91 Å². The van der Waals surface area contributed by atoms with Crippen molar-refractivity contribution in [3.8, 4) is 0 Å². The molecule has 1 atom stereocenters. The Morgan fingerprint density at radius 1 is 1.35 bits per heavy atom. The van der Waals surface area contributed by atoms with Gasteiger partial charge in [-0.3, -0.25) is 9.59 Å². The summed E-state index contributed by atoms with van der Waals surface area (Å²) in [6.45, 7) is 1.82. The van der Waals surface area contributed by atoms with E-state index in [0.717, 1.165) is 4.90 Å². The summed E-state index contributed by atoms with van der Waals surface area (Å²) in [5, 5.41) is 14.2. The third-order valence-electron chi connectivity index (χ3n) is 3.41. The molecule has 1 heterocycles. The maximum absolute atomic E-state index is 12.3. The summed E-state index contributed by atoms with van der Waals surface area (Å²) in [7, 11) is 0. The van der Waals surface area contributed by atoms with E-state index in [-0.39, 0.29) is 17.2 Å². The van der Waals surface area contributed by atoms with Crippen molar-refractivity contribution in [2.45, 2.75) is 25.8 Å². The van der Waals surface area contributed by atoms with Crippen LogP contribution in [0.2, 0.25) is 0 Å². The largest absolute Gasteiger partial charge is 0.478 e. The quantitative estimate of drug-likeness (QED) is 0.528. The van der Waals surface area contributed by atoms with Crippen LogP contribution >= 0.6 is 0 Å². The van der Waals surface area contributed by atoms with Crippen LogP contribution in [0, 0.1) is 0 Å². The van der Waals surface area contributed by atoms with Crippen molar-refractivity contribution < 1.29 is 24.3 Å². The Hall–Kier alpha value is -2.90. The normalized spacial score (nSPS) is 17.1. The van der Waals surface area contributed by atoms with Gasteiger partial charge in [0.05, 0.1) is 11.3 Å². The third-order valence-corrected chi connectivity index (χ3v) is 3.41. The molecule has 1 saturated heterocycles. The van der Waals surface area contributed by atoms with Crippen molar-refractivity contribution >= 4 is 29.5 Å². The average Bonchev–Trinajstić information content (AvgIpc) is 2.78. The van der Waals surface area contributed by atoms with Gasteiger partial charge in [0.1, 0.15) is 6.04 Å². The monoisotopic (exact) mass is 319 g/mol. The molecule has 0 aromatic heterocycles. The van der Waals surface area contributed by atoms with Crippen molar-refractivity contribution in [1.29, 1.82) is 0 Å². The zero-order valence-electron chi connectivity index (χ0n) is 12.5. The molecular formula is C15H17N3O5. The van der Waals surface area contributed by atoms with Gasteiger partial charge in [-0.1, -0.05) is 6.07 Å². The van der Waals surface area contributed by atoms with Crippen LogP contribution in [0.3, 0.4) is 0 Å². The van der Waals surface area contributed by atoms with Crippen molar-refractivity contribution in [3.63, 3.8) is 0 Å². The van der Waals surface area contributed by atoms with E-state index in [4.69, 9.17) is 5.11 Å². The average molecular weight is 319 g/mol. The lowest BCUT2D eigenvalue weighted by Crippen LogP contribution is -2.32.